The summed E-state index contributed by atoms with van der Waals surface area (Å²) in [6.07, 6.45) is 1.03. The molecule has 0 atom stereocenters. The number of hydrogen-bond acceptors (Lipinski definition) is 2. The van der Waals surface area contributed by atoms with Crippen LogP contribution in [0.15, 0.2) is 12.1 Å². The molecule has 1 fully saturated rings. The molecule has 0 spiro atoms. The van der Waals surface area contributed by atoms with Crippen LogP contribution >= 0.6 is 0 Å². The minimum atomic E-state index is -5.14. The first kappa shape index (κ1) is 19.7. The topological polar surface area (TPSA) is 26.3 Å². The largest absolute Gasteiger partial charge is 0.426 e. The zero-order valence-electron chi connectivity index (χ0n) is 14.0. The predicted molar refractivity (Wildman–Crippen MR) is 82.0 cm³/mol. The smallest absolute Gasteiger partial charge is 0.422 e. The molecule has 1 aliphatic carbocycles. The number of carbonyl (C=O) groups excluding carboxylic acids is 1. The van der Waals surface area contributed by atoms with Crippen LogP contribution in [0.1, 0.15) is 57.4 Å². The van der Waals surface area contributed by atoms with Crippen LogP contribution in [-0.4, -0.2) is 5.97 Å². The van der Waals surface area contributed by atoms with Crippen LogP contribution in [0.25, 0.3) is 0 Å². The Balaban J connectivity index is 1.89. The van der Waals surface area contributed by atoms with Gasteiger partial charge in [-0.3, -0.25) is 4.79 Å². The van der Waals surface area contributed by atoms with Gasteiger partial charge in [-0.15, -0.1) is 0 Å². The van der Waals surface area contributed by atoms with Crippen molar-refractivity contribution >= 4 is 5.97 Å². The zero-order chi connectivity index (χ0) is 18.6. The van der Waals surface area contributed by atoms with Gasteiger partial charge in [-0.05, 0) is 18.3 Å². The number of carbonyl (C=O) groups is 1. The van der Waals surface area contributed by atoms with Gasteiger partial charge in [0.2, 0.25) is 0 Å². The van der Waals surface area contributed by atoms with Crippen LogP contribution in [0, 0.1) is 23.5 Å². The number of halogens is 5. The highest BCUT2D eigenvalue weighted by atomic mass is 19.4. The van der Waals surface area contributed by atoms with E-state index in [0.29, 0.717) is 24.5 Å². The molecule has 1 saturated carbocycles. The summed E-state index contributed by atoms with van der Waals surface area (Å²) in [5.41, 5.74) is -1.99. The molecule has 1 aromatic carbocycles. The lowest BCUT2D eigenvalue weighted by Gasteiger charge is -2.27. The molecule has 0 heterocycles. The molecule has 0 saturated heterocycles. The maximum atomic E-state index is 13.5. The molecular weight excluding hydrogens is 343 g/mol. The van der Waals surface area contributed by atoms with Crippen molar-refractivity contribution in [3.8, 4) is 5.75 Å². The normalized spacial score (nSPS) is 21.2. The Morgan fingerprint density at radius 1 is 1.08 bits per heavy atom. The van der Waals surface area contributed by atoms with Crippen LogP contribution < -0.4 is 4.74 Å². The predicted octanol–water partition coefficient (Wildman–Crippen LogP) is 5.89. The standard InChI is InChI=1S/C18H21F5O2/c1-2-11-3-5-12(6-4-11)7-8-16(24)25-13-9-14(19)17(15(20)10-13)18(21,22)23/h9-12H,2-8H2,1H3. The van der Waals surface area contributed by atoms with E-state index < -0.39 is 35.1 Å². The van der Waals surface area contributed by atoms with Gasteiger partial charge >= 0.3 is 12.1 Å². The number of alkyl halides is 3. The molecule has 0 radical (unpaired) electrons. The van der Waals surface area contributed by atoms with Crippen molar-refractivity contribution in [2.45, 2.75) is 58.0 Å². The fourth-order valence-electron chi connectivity index (χ4n) is 3.31. The Morgan fingerprint density at radius 3 is 2.08 bits per heavy atom. The van der Waals surface area contributed by atoms with Gasteiger partial charge in [-0.25, -0.2) is 8.78 Å². The van der Waals surface area contributed by atoms with Crippen molar-refractivity contribution in [1.82, 2.24) is 0 Å². The molecule has 1 aliphatic rings. The van der Waals surface area contributed by atoms with Gasteiger partial charge in [-0.1, -0.05) is 39.0 Å². The first-order chi connectivity index (χ1) is 11.7. The fourth-order valence-corrected chi connectivity index (χ4v) is 3.31. The third-order valence-electron chi connectivity index (χ3n) is 4.83. The molecule has 1 aromatic rings. The van der Waals surface area contributed by atoms with E-state index in [-0.39, 0.29) is 6.42 Å². The van der Waals surface area contributed by atoms with Gasteiger partial charge in [-0.2, -0.15) is 13.2 Å². The SMILES string of the molecule is CCC1CCC(CCC(=O)Oc2cc(F)c(C(F)(F)F)c(F)c2)CC1. The quantitative estimate of drug-likeness (QED) is 0.370. The van der Waals surface area contributed by atoms with E-state index in [9.17, 15) is 26.7 Å². The van der Waals surface area contributed by atoms with E-state index >= 15 is 0 Å². The van der Waals surface area contributed by atoms with Gasteiger partial charge in [0, 0.05) is 18.6 Å². The summed E-state index contributed by atoms with van der Waals surface area (Å²) in [6, 6.07) is 0.770. The number of esters is 1. The summed E-state index contributed by atoms with van der Waals surface area (Å²) in [5, 5.41) is 0. The zero-order valence-corrected chi connectivity index (χ0v) is 14.0. The summed E-state index contributed by atoms with van der Waals surface area (Å²) in [6.45, 7) is 2.16. The number of hydrogen-bond donors (Lipinski definition) is 0. The lowest BCUT2D eigenvalue weighted by atomic mass is 9.79. The van der Waals surface area contributed by atoms with E-state index in [1.807, 2.05) is 0 Å². The third kappa shape index (κ3) is 5.41. The Kier molecular flexibility index (Phi) is 6.41. The van der Waals surface area contributed by atoms with Gasteiger partial charge in [0.25, 0.3) is 0 Å². The number of ether oxygens (including phenoxy) is 1. The number of benzene rings is 1. The van der Waals surface area contributed by atoms with Crippen molar-refractivity contribution in [3.05, 3.63) is 29.3 Å². The van der Waals surface area contributed by atoms with Gasteiger partial charge in [0.15, 0.2) is 0 Å². The van der Waals surface area contributed by atoms with E-state index in [1.165, 1.54) is 0 Å². The molecule has 0 N–H and O–H groups in total. The van der Waals surface area contributed by atoms with E-state index in [2.05, 4.69) is 6.92 Å². The summed E-state index contributed by atoms with van der Waals surface area (Å²) in [4.78, 5) is 11.8. The van der Waals surface area contributed by atoms with Crippen molar-refractivity contribution in [1.29, 1.82) is 0 Å². The molecule has 0 amide bonds. The molecule has 0 aromatic heterocycles. The molecule has 7 heteroatoms. The molecular formula is C18H21F5O2. The summed E-state index contributed by atoms with van der Waals surface area (Å²) in [7, 11) is 0. The highest BCUT2D eigenvalue weighted by Crippen LogP contribution is 2.36. The Morgan fingerprint density at radius 2 is 1.60 bits per heavy atom. The van der Waals surface area contributed by atoms with Crippen LogP contribution in [0.3, 0.4) is 0 Å². The average molecular weight is 364 g/mol. The van der Waals surface area contributed by atoms with Crippen LogP contribution in [-0.2, 0) is 11.0 Å². The first-order valence-electron chi connectivity index (χ1n) is 8.47. The van der Waals surface area contributed by atoms with Crippen LogP contribution in [0.5, 0.6) is 5.75 Å². The van der Waals surface area contributed by atoms with E-state index in [1.54, 1.807) is 0 Å². The average Bonchev–Trinajstić information content (AvgIpc) is 2.51. The van der Waals surface area contributed by atoms with Gasteiger partial charge < -0.3 is 4.74 Å². The van der Waals surface area contributed by atoms with Crippen molar-refractivity contribution in [2.75, 3.05) is 0 Å². The minimum absolute atomic E-state index is 0.0751. The van der Waals surface area contributed by atoms with Crippen molar-refractivity contribution in [2.24, 2.45) is 11.8 Å². The highest BCUT2D eigenvalue weighted by Gasteiger charge is 2.38. The molecule has 25 heavy (non-hydrogen) atoms. The molecule has 2 nitrogen and oxygen atoms in total. The maximum Gasteiger partial charge on any atom is 0.422 e. The number of rotatable bonds is 5. The van der Waals surface area contributed by atoms with E-state index in [0.717, 1.165) is 38.0 Å². The fraction of sp³-hybridized carbons (Fsp3) is 0.611. The van der Waals surface area contributed by atoms with Crippen molar-refractivity contribution in [3.63, 3.8) is 0 Å². The Labute approximate surface area is 143 Å². The monoisotopic (exact) mass is 364 g/mol. The lowest BCUT2D eigenvalue weighted by Crippen LogP contribution is -2.17. The summed E-state index contributed by atoms with van der Waals surface area (Å²) in [5.74, 6) is -3.70. The summed E-state index contributed by atoms with van der Waals surface area (Å²) >= 11 is 0. The third-order valence-corrected chi connectivity index (χ3v) is 4.83. The second-order valence-corrected chi connectivity index (χ2v) is 6.57. The molecule has 2 rings (SSSR count). The van der Waals surface area contributed by atoms with Crippen molar-refractivity contribution < 1.29 is 31.5 Å². The maximum absolute atomic E-state index is 13.5. The molecule has 0 bridgehead atoms. The molecule has 140 valence electrons. The summed E-state index contributed by atoms with van der Waals surface area (Å²) < 4.78 is 69.2. The van der Waals surface area contributed by atoms with Gasteiger partial charge in [0.05, 0.1) is 0 Å². The van der Waals surface area contributed by atoms with Crippen LogP contribution in [0.2, 0.25) is 0 Å². The highest BCUT2D eigenvalue weighted by molar-refractivity contribution is 5.72. The minimum Gasteiger partial charge on any atom is -0.426 e. The molecule has 0 aliphatic heterocycles. The second-order valence-electron chi connectivity index (χ2n) is 6.57. The van der Waals surface area contributed by atoms with Gasteiger partial charge in [0.1, 0.15) is 22.9 Å². The Bertz CT molecular complexity index is 581. The lowest BCUT2D eigenvalue weighted by molar-refractivity contribution is -0.142. The van der Waals surface area contributed by atoms with E-state index in [4.69, 9.17) is 4.74 Å². The Hall–Kier alpha value is -1.66. The van der Waals surface area contributed by atoms with Crippen LogP contribution in [0.4, 0.5) is 22.0 Å². The first-order valence-corrected chi connectivity index (χ1v) is 8.47. The second kappa shape index (κ2) is 8.15. The molecule has 0 unspecified atom stereocenters.